The Hall–Kier alpha value is -1.30. The average molecular weight is 459 g/mol. The average Bonchev–Trinajstić information content (AvgIpc) is 2.87. The van der Waals surface area contributed by atoms with Crippen LogP contribution in [0.5, 0.6) is 0 Å². The summed E-state index contributed by atoms with van der Waals surface area (Å²) in [4.78, 5) is 26.7. The van der Waals surface area contributed by atoms with Gasteiger partial charge in [-0.2, -0.15) is 0 Å². The highest BCUT2D eigenvalue weighted by molar-refractivity contribution is 6.48. The van der Waals surface area contributed by atoms with Crippen molar-refractivity contribution in [2.45, 2.75) is 102 Å². The minimum absolute atomic E-state index is 0.104. The molecule has 1 aliphatic rings. The first-order valence-corrected chi connectivity index (χ1v) is 14.1. The van der Waals surface area contributed by atoms with Crippen LogP contribution in [0.4, 0.5) is 0 Å². The Kier molecular flexibility index (Phi) is 8.83. The summed E-state index contributed by atoms with van der Waals surface area (Å²) >= 11 is 0. The van der Waals surface area contributed by atoms with Gasteiger partial charge in [0.15, 0.2) is 14.6 Å². The third-order valence-electron chi connectivity index (χ3n) is 6.08. The van der Waals surface area contributed by atoms with Gasteiger partial charge in [-0.3, -0.25) is 9.78 Å². The van der Waals surface area contributed by atoms with E-state index in [1.807, 2.05) is 26.9 Å². The number of nitrogens with zero attached hydrogens (tertiary/aromatic N) is 1. The van der Waals surface area contributed by atoms with Crippen molar-refractivity contribution < 1.29 is 24.5 Å². The van der Waals surface area contributed by atoms with Gasteiger partial charge in [0.2, 0.25) is 0 Å². The highest BCUT2D eigenvalue weighted by Crippen LogP contribution is 2.54. The molecule has 9 nitrogen and oxygen atoms in total. The fourth-order valence-electron chi connectivity index (χ4n) is 4.54. The number of aromatic amines is 1. The molecule has 0 aromatic carbocycles. The van der Waals surface area contributed by atoms with Gasteiger partial charge in [-0.15, -0.1) is 0 Å². The molecule has 0 amide bonds. The van der Waals surface area contributed by atoms with Crippen LogP contribution in [-0.2, 0) is 15.1 Å². The zero-order valence-electron chi connectivity index (χ0n) is 19.1. The largest absolute Gasteiger partial charge is 0.394 e. The van der Waals surface area contributed by atoms with E-state index in [1.54, 1.807) is 0 Å². The third-order valence-corrected chi connectivity index (χ3v) is 6.87. The number of H-pyrrole nitrogens is 1. The monoisotopic (exact) mass is 458 g/mol. The van der Waals surface area contributed by atoms with Crippen molar-refractivity contribution in [2.75, 3.05) is 6.61 Å². The molecule has 1 fully saturated rings. The van der Waals surface area contributed by atoms with Crippen LogP contribution >= 0.6 is 0 Å². The van der Waals surface area contributed by atoms with Crippen molar-refractivity contribution in [1.82, 2.24) is 9.55 Å². The maximum Gasteiger partial charge on any atom is 0.332 e. The highest BCUT2D eigenvalue weighted by atomic mass is 28.3. The number of rotatable bonds is 12. The summed E-state index contributed by atoms with van der Waals surface area (Å²) in [6.45, 7) is 7.22. The van der Waals surface area contributed by atoms with Gasteiger partial charge >= 0.3 is 5.69 Å². The van der Waals surface area contributed by atoms with E-state index in [9.17, 15) is 24.9 Å². The molecule has 4 atom stereocenters. The quantitative estimate of drug-likeness (QED) is 0.273. The highest BCUT2D eigenvalue weighted by Gasteiger charge is 2.74. The number of hydrogen-bond donors (Lipinski definition) is 4. The van der Waals surface area contributed by atoms with E-state index in [-0.39, 0.29) is 12.8 Å². The lowest BCUT2D eigenvalue weighted by Gasteiger charge is -2.47. The van der Waals surface area contributed by atoms with E-state index < -0.39 is 50.1 Å². The Labute approximate surface area is 184 Å². The summed E-state index contributed by atoms with van der Waals surface area (Å²) in [5.41, 5.74) is -5.27. The Morgan fingerprint density at radius 1 is 1.13 bits per heavy atom. The molecular weight excluding hydrogens is 420 g/mol. The van der Waals surface area contributed by atoms with Gasteiger partial charge in [-0.1, -0.05) is 52.4 Å². The summed E-state index contributed by atoms with van der Waals surface area (Å²) in [7, 11) is -1.98. The van der Waals surface area contributed by atoms with E-state index in [0.29, 0.717) is 12.8 Å². The Morgan fingerprint density at radius 3 is 2.26 bits per heavy atom. The minimum atomic E-state index is -2.06. The first-order valence-electron chi connectivity index (χ1n) is 11.4. The molecule has 31 heavy (non-hydrogen) atoms. The van der Waals surface area contributed by atoms with Crippen LogP contribution in [0.1, 0.15) is 65.2 Å². The Morgan fingerprint density at radius 2 is 1.74 bits per heavy atom. The number of aromatic nitrogens is 2. The number of aliphatic hydroxyl groups is 3. The van der Waals surface area contributed by atoms with Crippen molar-refractivity contribution in [3.8, 4) is 0 Å². The van der Waals surface area contributed by atoms with Gasteiger partial charge in [0, 0.05) is 12.3 Å². The van der Waals surface area contributed by atoms with E-state index in [0.717, 1.165) is 36.3 Å². The Bertz CT molecular complexity index is 828. The fraction of sp³-hybridized carbons (Fsp3) is 0.810. The zero-order valence-corrected chi connectivity index (χ0v) is 20.2. The summed E-state index contributed by atoms with van der Waals surface area (Å²) < 4.78 is 13.4. The van der Waals surface area contributed by atoms with Gasteiger partial charge < -0.3 is 24.5 Å². The second kappa shape index (κ2) is 10.5. The molecule has 0 unspecified atom stereocenters. The predicted molar refractivity (Wildman–Crippen MR) is 119 cm³/mol. The molecule has 1 aromatic rings. The lowest BCUT2D eigenvalue weighted by molar-refractivity contribution is -0.319. The standard InChI is InChI=1S/C21H38N2O7Si/c1-5-7-9-12-19(27)16(15-24)29-21(30-31(3)4,20(19,28)13-10-8-6-2)23-14-11-17(25)22-18(23)26/h11,14,16,24,27-28,31H,5-10,12-13,15H2,1-4H3,(H,22,25,26)/t16-,19-,20-,21+/m1/s1. The zero-order chi connectivity index (χ0) is 23.3. The smallest absolute Gasteiger partial charge is 0.332 e. The van der Waals surface area contributed by atoms with Crippen LogP contribution in [0.15, 0.2) is 21.9 Å². The van der Waals surface area contributed by atoms with E-state index >= 15 is 0 Å². The molecule has 1 saturated heterocycles. The molecule has 0 radical (unpaired) electrons. The van der Waals surface area contributed by atoms with Crippen LogP contribution in [0.2, 0.25) is 13.1 Å². The van der Waals surface area contributed by atoms with E-state index in [4.69, 9.17) is 9.16 Å². The lowest BCUT2D eigenvalue weighted by Crippen LogP contribution is -2.67. The van der Waals surface area contributed by atoms with E-state index in [2.05, 4.69) is 4.98 Å². The van der Waals surface area contributed by atoms with Crippen LogP contribution in [0, 0.1) is 0 Å². The number of unbranched alkanes of at least 4 members (excludes halogenated alkanes) is 4. The molecule has 2 rings (SSSR count). The van der Waals surface area contributed by atoms with E-state index in [1.165, 1.54) is 6.20 Å². The van der Waals surface area contributed by atoms with Crippen LogP contribution in [-0.4, -0.2) is 57.8 Å². The first-order chi connectivity index (χ1) is 14.6. The van der Waals surface area contributed by atoms with Crippen LogP contribution in [0.3, 0.4) is 0 Å². The van der Waals surface area contributed by atoms with Gasteiger partial charge in [0.25, 0.3) is 11.5 Å². The maximum absolute atomic E-state index is 12.8. The summed E-state index contributed by atoms with van der Waals surface area (Å²) in [5.74, 6) is -2.06. The predicted octanol–water partition coefficient (Wildman–Crippen LogP) is 1.16. The number of nitrogens with one attached hydrogen (secondary N) is 1. The lowest BCUT2D eigenvalue weighted by atomic mass is 9.72. The SMILES string of the molecule is CCCCC[C@]1(O)[C@](O[SiH](C)C)(n2ccc(=O)[nH]c2=O)O[C@H](CO)[C@]1(O)CCCCC. The summed E-state index contributed by atoms with van der Waals surface area (Å²) in [6.07, 6.45) is 4.94. The molecule has 2 heterocycles. The van der Waals surface area contributed by atoms with Gasteiger partial charge in [-0.05, 0) is 25.9 Å². The van der Waals surface area contributed by atoms with Gasteiger partial charge in [0.1, 0.15) is 11.7 Å². The molecule has 4 N–H and O–H groups in total. The van der Waals surface area contributed by atoms with Gasteiger partial charge in [0.05, 0.1) is 6.61 Å². The number of ether oxygens (including phenoxy) is 1. The topological polar surface area (TPSA) is 134 Å². The third kappa shape index (κ3) is 4.74. The Balaban J connectivity index is 2.74. The number of aliphatic hydroxyl groups excluding tert-OH is 1. The van der Waals surface area contributed by atoms with Gasteiger partial charge in [-0.25, -0.2) is 9.36 Å². The summed E-state index contributed by atoms with van der Waals surface area (Å²) in [5, 5.41) is 34.2. The fourth-order valence-corrected chi connectivity index (χ4v) is 5.54. The molecule has 0 bridgehead atoms. The van der Waals surface area contributed by atoms with Crippen molar-refractivity contribution in [2.24, 2.45) is 0 Å². The molecule has 1 aromatic heterocycles. The summed E-state index contributed by atoms with van der Waals surface area (Å²) in [6, 6.07) is 1.15. The molecule has 0 saturated carbocycles. The number of hydrogen-bond acceptors (Lipinski definition) is 7. The van der Waals surface area contributed by atoms with Crippen molar-refractivity contribution in [3.63, 3.8) is 0 Å². The van der Waals surface area contributed by atoms with Crippen LogP contribution < -0.4 is 11.2 Å². The van der Waals surface area contributed by atoms with Crippen LogP contribution in [0.25, 0.3) is 0 Å². The van der Waals surface area contributed by atoms with Crippen molar-refractivity contribution in [3.05, 3.63) is 33.1 Å². The molecular formula is C21H38N2O7Si. The maximum atomic E-state index is 12.8. The van der Waals surface area contributed by atoms with Crippen molar-refractivity contribution in [1.29, 1.82) is 0 Å². The molecule has 10 heteroatoms. The van der Waals surface area contributed by atoms with Crippen molar-refractivity contribution >= 4 is 9.04 Å². The second-order valence-corrected chi connectivity index (χ2v) is 11.0. The normalized spacial score (nSPS) is 30.9. The molecule has 0 spiro atoms. The molecule has 178 valence electrons. The first kappa shape index (κ1) is 26.0. The molecule has 1 aliphatic heterocycles. The minimum Gasteiger partial charge on any atom is -0.394 e. The second-order valence-electron chi connectivity index (χ2n) is 8.72. The molecule has 0 aliphatic carbocycles.